The normalized spacial score (nSPS) is 14.4. The molecule has 0 aliphatic carbocycles. The maximum absolute atomic E-state index is 13.0. The van der Waals surface area contributed by atoms with Gasteiger partial charge in [0.25, 0.3) is 5.91 Å². The summed E-state index contributed by atoms with van der Waals surface area (Å²) in [5.74, 6) is 0.268. The van der Waals surface area contributed by atoms with Crippen LogP contribution in [0.2, 0.25) is 0 Å². The number of ether oxygens (including phenoxy) is 1. The lowest BCUT2D eigenvalue weighted by atomic mass is 10.0. The van der Waals surface area contributed by atoms with Gasteiger partial charge in [-0.1, -0.05) is 37.6 Å². The Balaban J connectivity index is 1.37. The zero-order valence-corrected chi connectivity index (χ0v) is 17.4. The maximum Gasteiger partial charge on any atom is 0.260 e. The van der Waals surface area contributed by atoms with E-state index in [0.29, 0.717) is 31.7 Å². The van der Waals surface area contributed by atoms with Crippen LogP contribution in [0.15, 0.2) is 48.5 Å². The SMILES string of the molecule is CCCc1ccc(OCC(=O)N2CCC(NC(=O)Cc3ccc(F)cc3)CC2)cc1. The van der Waals surface area contributed by atoms with Gasteiger partial charge in [-0.25, -0.2) is 4.39 Å². The second-order valence-corrected chi connectivity index (χ2v) is 7.71. The first-order valence-electron chi connectivity index (χ1n) is 10.6. The number of aryl methyl sites for hydroxylation is 1. The quantitative estimate of drug-likeness (QED) is 0.722. The molecule has 3 rings (SSSR count). The fourth-order valence-corrected chi connectivity index (χ4v) is 3.62. The molecule has 1 heterocycles. The van der Waals surface area contributed by atoms with Gasteiger partial charge >= 0.3 is 0 Å². The van der Waals surface area contributed by atoms with Crippen molar-refractivity contribution in [3.05, 3.63) is 65.5 Å². The molecule has 0 atom stereocenters. The predicted molar refractivity (Wildman–Crippen MR) is 114 cm³/mol. The summed E-state index contributed by atoms with van der Waals surface area (Å²) in [5, 5.41) is 3.01. The molecule has 1 aliphatic rings. The Morgan fingerprint density at radius 3 is 2.30 bits per heavy atom. The van der Waals surface area contributed by atoms with Crippen molar-refractivity contribution in [2.24, 2.45) is 0 Å². The fourth-order valence-electron chi connectivity index (χ4n) is 3.62. The first kappa shape index (κ1) is 21.8. The number of likely N-dealkylation sites (tertiary alicyclic amines) is 1. The molecule has 0 bridgehead atoms. The minimum absolute atomic E-state index is 0.0225. The largest absolute Gasteiger partial charge is 0.484 e. The number of amides is 2. The lowest BCUT2D eigenvalue weighted by Gasteiger charge is -2.32. The topological polar surface area (TPSA) is 58.6 Å². The smallest absolute Gasteiger partial charge is 0.260 e. The number of nitrogens with zero attached hydrogens (tertiary/aromatic N) is 1. The van der Waals surface area contributed by atoms with E-state index in [4.69, 9.17) is 4.74 Å². The standard InChI is InChI=1S/C24H29FN2O3/c1-2-3-18-6-10-22(11-7-18)30-17-24(29)27-14-12-21(13-15-27)26-23(28)16-19-4-8-20(25)9-5-19/h4-11,21H,2-3,12-17H2,1H3,(H,26,28). The average molecular weight is 413 g/mol. The van der Waals surface area contributed by atoms with Crippen LogP contribution in [-0.2, 0) is 22.4 Å². The van der Waals surface area contributed by atoms with Gasteiger partial charge in [-0.3, -0.25) is 9.59 Å². The van der Waals surface area contributed by atoms with Crippen LogP contribution in [0.5, 0.6) is 5.75 Å². The Kier molecular flexibility index (Phi) is 7.82. The Labute approximate surface area is 177 Å². The molecule has 2 aromatic rings. The van der Waals surface area contributed by atoms with Crippen LogP contribution in [0.25, 0.3) is 0 Å². The second-order valence-electron chi connectivity index (χ2n) is 7.71. The van der Waals surface area contributed by atoms with Crippen LogP contribution in [0.3, 0.4) is 0 Å². The summed E-state index contributed by atoms with van der Waals surface area (Å²) in [7, 11) is 0. The molecule has 1 fully saturated rings. The van der Waals surface area contributed by atoms with E-state index in [1.54, 1.807) is 17.0 Å². The van der Waals surface area contributed by atoms with Crippen LogP contribution < -0.4 is 10.1 Å². The van der Waals surface area contributed by atoms with Gasteiger partial charge in [0, 0.05) is 19.1 Å². The lowest BCUT2D eigenvalue weighted by molar-refractivity contribution is -0.134. The van der Waals surface area contributed by atoms with Crippen molar-refractivity contribution in [2.75, 3.05) is 19.7 Å². The van der Waals surface area contributed by atoms with Crippen LogP contribution in [0, 0.1) is 5.82 Å². The van der Waals surface area contributed by atoms with Gasteiger partial charge in [0.2, 0.25) is 5.91 Å². The number of rotatable bonds is 8. The van der Waals surface area contributed by atoms with Gasteiger partial charge in [-0.2, -0.15) is 0 Å². The number of halogens is 1. The Morgan fingerprint density at radius 1 is 1.03 bits per heavy atom. The molecule has 6 heteroatoms. The van der Waals surface area contributed by atoms with E-state index >= 15 is 0 Å². The summed E-state index contributed by atoms with van der Waals surface area (Å²) in [6.45, 7) is 3.36. The predicted octanol–water partition coefficient (Wildman–Crippen LogP) is 3.51. The monoisotopic (exact) mass is 412 g/mol. The molecule has 0 unspecified atom stereocenters. The first-order valence-corrected chi connectivity index (χ1v) is 10.6. The van der Waals surface area contributed by atoms with Crippen molar-refractivity contribution < 1.29 is 18.7 Å². The Morgan fingerprint density at radius 2 is 1.67 bits per heavy atom. The van der Waals surface area contributed by atoms with E-state index in [1.807, 2.05) is 24.3 Å². The Bertz CT molecular complexity index is 829. The van der Waals surface area contributed by atoms with E-state index in [2.05, 4.69) is 12.2 Å². The molecule has 1 saturated heterocycles. The van der Waals surface area contributed by atoms with Gasteiger partial charge in [0.05, 0.1) is 6.42 Å². The van der Waals surface area contributed by atoms with Crippen molar-refractivity contribution in [2.45, 2.75) is 45.1 Å². The molecule has 0 aromatic heterocycles. The molecule has 1 aliphatic heterocycles. The van der Waals surface area contributed by atoms with E-state index in [9.17, 15) is 14.0 Å². The summed E-state index contributed by atoms with van der Waals surface area (Å²) in [6, 6.07) is 13.9. The van der Waals surface area contributed by atoms with Crippen LogP contribution in [0.1, 0.15) is 37.3 Å². The minimum atomic E-state index is -0.311. The van der Waals surface area contributed by atoms with Crippen LogP contribution >= 0.6 is 0 Å². The molecule has 160 valence electrons. The van der Waals surface area contributed by atoms with Crippen molar-refractivity contribution in [3.8, 4) is 5.75 Å². The van der Waals surface area contributed by atoms with E-state index < -0.39 is 0 Å². The average Bonchev–Trinajstić information content (AvgIpc) is 2.75. The maximum atomic E-state index is 13.0. The summed E-state index contributed by atoms with van der Waals surface area (Å²) in [5.41, 5.74) is 2.04. The summed E-state index contributed by atoms with van der Waals surface area (Å²) >= 11 is 0. The molecule has 5 nitrogen and oxygen atoms in total. The van der Waals surface area contributed by atoms with Gasteiger partial charge in [0.1, 0.15) is 11.6 Å². The minimum Gasteiger partial charge on any atom is -0.484 e. The fraction of sp³-hybridized carbons (Fsp3) is 0.417. The number of nitrogens with one attached hydrogen (secondary N) is 1. The number of carbonyl (C=O) groups is 2. The Hall–Kier alpha value is -2.89. The van der Waals surface area contributed by atoms with E-state index in [-0.39, 0.29) is 36.7 Å². The van der Waals surface area contributed by atoms with E-state index in [0.717, 1.165) is 18.4 Å². The molecular formula is C24H29FN2O3. The van der Waals surface area contributed by atoms with E-state index in [1.165, 1.54) is 17.7 Å². The lowest BCUT2D eigenvalue weighted by Crippen LogP contribution is -2.48. The van der Waals surface area contributed by atoms with Gasteiger partial charge < -0.3 is 15.0 Å². The third kappa shape index (κ3) is 6.58. The van der Waals surface area contributed by atoms with Crippen molar-refractivity contribution in [1.29, 1.82) is 0 Å². The summed E-state index contributed by atoms with van der Waals surface area (Å²) in [6.07, 6.45) is 3.79. The highest BCUT2D eigenvalue weighted by molar-refractivity contribution is 5.79. The zero-order valence-electron chi connectivity index (χ0n) is 17.4. The molecule has 30 heavy (non-hydrogen) atoms. The van der Waals surface area contributed by atoms with Crippen molar-refractivity contribution >= 4 is 11.8 Å². The third-order valence-electron chi connectivity index (χ3n) is 5.32. The number of piperidine rings is 1. The highest BCUT2D eigenvalue weighted by Gasteiger charge is 2.24. The molecule has 2 aromatic carbocycles. The van der Waals surface area contributed by atoms with Crippen LogP contribution in [0.4, 0.5) is 4.39 Å². The number of carbonyl (C=O) groups excluding carboxylic acids is 2. The molecule has 0 spiro atoms. The van der Waals surface area contributed by atoms with Gasteiger partial charge in [-0.15, -0.1) is 0 Å². The van der Waals surface area contributed by atoms with Crippen molar-refractivity contribution in [1.82, 2.24) is 10.2 Å². The molecular weight excluding hydrogens is 383 g/mol. The highest BCUT2D eigenvalue weighted by atomic mass is 19.1. The summed E-state index contributed by atoms with van der Waals surface area (Å²) in [4.78, 5) is 26.4. The number of hydrogen-bond donors (Lipinski definition) is 1. The number of hydrogen-bond acceptors (Lipinski definition) is 3. The first-order chi connectivity index (χ1) is 14.5. The molecule has 1 N–H and O–H groups in total. The van der Waals surface area contributed by atoms with Crippen molar-refractivity contribution in [3.63, 3.8) is 0 Å². The third-order valence-corrected chi connectivity index (χ3v) is 5.32. The van der Waals surface area contributed by atoms with Crippen LogP contribution in [-0.4, -0.2) is 42.5 Å². The molecule has 2 amide bonds. The highest BCUT2D eigenvalue weighted by Crippen LogP contribution is 2.15. The summed E-state index contributed by atoms with van der Waals surface area (Å²) < 4.78 is 18.6. The zero-order chi connectivity index (χ0) is 21.3. The van der Waals surface area contributed by atoms with Gasteiger partial charge in [-0.05, 0) is 54.7 Å². The van der Waals surface area contributed by atoms with Gasteiger partial charge in [0.15, 0.2) is 6.61 Å². The second kappa shape index (κ2) is 10.8. The number of benzene rings is 2. The molecule has 0 radical (unpaired) electrons. The molecule has 0 saturated carbocycles.